The Morgan fingerprint density at radius 3 is 2.56 bits per heavy atom. The molecule has 4 fully saturated rings. The van der Waals surface area contributed by atoms with Crippen molar-refractivity contribution in [2.24, 2.45) is 40.4 Å². The van der Waals surface area contributed by atoms with Crippen molar-refractivity contribution in [3.63, 3.8) is 0 Å². The number of halogens is 3. The number of allylic oxidation sites excluding steroid dienone is 7. The van der Waals surface area contributed by atoms with Crippen LogP contribution in [-0.4, -0.2) is 63.1 Å². The van der Waals surface area contributed by atoms with Gasteiger partial charge in [0.2, 0.25) is 0 Å². The summed E-state index contributed by atoms with van der Waals surface area (Å²) < 4.78 is 39.2. The molecule has 0 spiro atoms. The van der Waals surface area contributed by atoms with Crippen molar-refractivity contribution in [1.29, 1.82) is 0 Å². The number of carbonyl (C=O) groups is 2. The molecule has 10 atom stereocenters. The maximum Gasteiger partial charge on any atom is 0.309 e. The summed E-state index contributed by atoms with van der Waals surface area (Å²) in [5.41, 5.74) is -3.94. The van der Waals surface area contributed by atoms with Gasteiger partial charge in [-0.15, -0.1) is 11.6 Å². The predicted molar refractivity (Wildman–Crippen MR) is 149 cm³/mol. The van der Waals surface area contributed by atoms with Crippen LogP contribution in [0.1, 0.15) is 59.3 Å². The summed E-state index contributed by atoms with van der Waals surface area (Å²) in [4.78, 5) is 25.3. The van der Waals surface area contributed by atoms with Gasteiger partial charge in [0.1, 0.15) is 6.17 Å². The van der Waals surface area contributed by atoms with Crippen molar-refractivity contribution >= 4 is 23.4 Å². The van der Waals surface area contributed by atoms with Gasteiger partial charge in [0.05, 0.1) is 29.2 Å². The van der Waals surface area contributed by atoms with Gasteiger partial charge >= 0.3 is 5.97 Å². The maximum atomic E-state index is 17.6. The molecule has 0 heterocycles. The van der Waals surface area contributed by atoms with Crippen LogP contribution >= 0.6 is 11.6 Å². The molecular formula is C32H40ClF2NO5. The molecule has 6 aliphatic rings. The molecule has 0 amide bonds. The first-order valence-electron chi connectivity index (χ1n) is 14.9. The molecule has 4 saturated carbocycles. The standard InChI is InChI=1S/C32H40ClF2NO5/c1-29(33)9-6-20(7-10-29)36(40)16-19-12-22-23-14-25(34)24-13-21(37)8-11-31(24,3)32(23,35)26(38)15-30(22,2)27(19)28(39)41-17-18-4-5-18/h6-9,11,13,18-19,22-23,25-27,38,40H,4-5,10,12,14-17H2,1-3H3/t19-,22?,23-,25-,26-,27+,29?,30-,31-,32-/m0/s1. The highest BCUT2D eigenvalue weighted by atomic mass is 35.5. The Bertz CT molecular complexity index is 1260. The maximum absolute atomic E-state index is 17.6. The molecule has 0 radical (unpaired) electrons. The lowest BCUT2D eigenvalue weighted by atomic mass is 9.45. The summed E-state index contributed by atoms with van der Waals surface area (Å²) in [5.74, 6) is -2.90. The minimum atomic E-state index is -2.22. The molecule has 0 saturated heterocycles. The number of ether oxygens (including phenoxy) is 1. The van der Waals surface area contributed by atoms with Gasteiger partial charge in [0.25, 0.3) is 0 Å². The first-order valence-corrected chi connectivity index (χ1v) is 15.2. The molecule has 0 aromatic carbocycles. The topological polar surface area (TPSA) is 87.1 Å². The number of ketones is 1. The Balaban J connectivity index is 1.35. The van der Waals surface area contributed by atoms with Gasteiger partial charge in [0, 0.05) is 17.9 Å². The number of fused-ring (bicyclic) bond motifs is 5. The SMILES string of the molecule is CC1(Cl)C=CC(N(O)C[C@@H]2CC3[C@@H]4C[C@H](F)C5=CC(=O)C=C[C@]5(C)[C@@]4(F)[C@@H](O)C[C@]3(C)[C@H]2C(=O)OCC2CC2)=CC1. The van der Waals surface area contributed by atoms with E-state index >= 15 is 8.78 Å². The number of hydrogen-bond acceptors (Lipinski definition) is 6. The fraction of sp³-hybridized carbons (Fsp3) is 0.688. The lowest BCUT2D eigenvalue weighted by Crippen LogP contribution is -2.68. The third-order valence-corrected chi connectivity index (χ3v) is 11.5. The largest absolute Gasteiger partial charge is 0.465 e. The van der Waals surface area contributed by atoms with Gasteiger partial charge in [-0.1, -0.05) is 25.2 Å². The molecule has 0 bridgehead atoms. The van der Waals surface area contributed by atoms with Crippen molar-refractivity contribution in [1.82, 2.24) is 5.06 Å². The monoisotopic (exact) mass is 591 g/mol. The molecule has 0 aromatic heterocycles. The van der Waals surface area contributed by atoms with E-state index in [0.717, 1.165) is 17.9 Å². The van der Waals surface area contributed by atoms with E-state index in [9.17, 15) is 19.9 Å². The average molecular weight is 592 g/mol. The van der Waals surface area contributed by atoms with Gasteiger partial charge < -0.3 is 9.84 Å². The van der Waals surface area contributed by atoms with E-state index in [1.165, 1.54) is 18.2 Å². The summed E-state index contributed by atoms with van der Waals surface area (Å²) in [5, 5.41) is 23.8. The van der Waals surface area contributed by atoms with Gasteiger partial charge in [-0.3, -0.25) is 19.9 Å². The minimum Gasteiger partial charge on any atom is -0.465 e. The molecule has 41 heavy (non-hydrogen) atoms. The number of carbonyl (C=O) groups excluding carboxylic acids is 2. The van der Waals surface area contributed by atoms with Crippen molar-refractivity contribution in [2.45, 2.75) is 82.1 Å². The first kappa shape index (κ1) is 29.1. The normalized spacial score (nSPS) is 46.7. The van der Waals surface area contributed by atoms with Crippen LogP contribution in [0.2, 0.25) is 0 Å². The van der Waals surface area contributed by atoms with Gasteiger partial charge in [-0.2, -0.15) is 0 Å². The van der Waals surface area contributed by atoms with Gasteiger partial charge in [-0.25, -0.2) is 8.78 Å². The number of hydroxylamine groups is 2. The Hall–Kier alpha value is -2.03. The molecule has 2 N–H and O–H groups in total. The Morgan fingerprint density at radius 2 is 1.90 bits per heavy atom. The highest BCUT2D eigenvalue weighted by molar-refractivity contribution is 6.25. The lowest BCUT2D eigenvalue weighted by Gasteiger charge is -2.62. The Kier molecular flexibility index (Phi) is 6.91. The van der Waals surface area contributed by atoms with Gasteiger partial charge in [-0.05, 0) is 99.3 Å². The van der Waals surface area contributed by atoms with Crippen LogP contribution < -0.4 is 0 Å². The zero-order valence-corrected chi connectivity index (χ0v) is 24.6. The molecule has 6 rings (SSSR count). The zero-order valence-electron chi connectivity index (χ0n) is 23.9. The van der Waals surface area contributed by atoms with E-state index in [1.807, 2.05) is 26.0 Å². The number of aliphatic hydroxyl groups is 1. The molecule has 224 valence electrons. The second-order valence-corrected chi connectivity index (χ2v) is 14.9. The van der Waals surface area contributed by atoms with Gasteiger partial charge in [0.15, 0.2) is 11.5 Å². The fourth-order valence-corrected chi connectivity index (χ4v) is 8.96. The number of nitrogens with zero attached hydrogens (tertiary/aromatic N) is 1. The van der Waals surface area contributed by atoms with Crippen molar-refractivity contribution in [2.75, 3.05) is 13.2 Å². The van der Waals surface area contributed by atoms with Crippen LogP contribution in [0.15, 0.2) is 47.7 Å². The molecule has 6 nitrogen and oxygen atoms in total. The lowest BCUT2D eigenvalue weighted by molar-refractivity contribution is -0.205. The highest BCUT2D eigenvalue weighted by Gasteiger charge is 2.73. The minimum absolute atomic E-state index is 0.00932. The van der Waals surface area contributed by atoms with E-state index in [4.69, 9.17) is 16.3 Å². The predicted octanol–water partition coefficient (Wildman–Crippen LogP) is 5.63. The summed E-state index contributed by atoms with van der Waals surface area (Å²) in [6.45, 7) is 5.77. The number of aliphatic hydroxyl groups excluding tert-OH is 1. The van der Waals surface area contributed by atoms with Crippen LogP contribution in [0.3, 0.4) is 0 Å². The fourth-order valence-electron chi connectivity index (χ4n) is 8.82. The zero-order chi connectivity index (χ0) is 29.5. The Morgan fingerprint density at radius 1 is 1.17 bits per heavy atom. The van der Waals surface area contributed by atoms with E-state index in [1.54, 1.807) is 13.0 Å². The van der Waals surface area contributed by atoms with Crippen LogP contribution in [0.4, 0.5) is 8.78 Å². The quantitative estimate of drug-likeness (QED) is 0.236. The number of alkyl halides is 3. The van der Waals surface area contributed by atoms with Crippen LogP contribution in [0, 0.1) is 40.4 Å². The molecule has 6 aliphatic carbocycles. The van der Waals surface area contributed by atoms with E-state index in [0.29, 0.717) is 31.1 Å². The van der Waals surface area contributed by atoms with Crippen molar-refractivity contribution in [3.05, 3.63) is 47.7 Å². The van der Waals surface area contributed by atoms with Crippen LogP contribution in [-0.2, 0) is 14.3 Å². The third kappa shape index (κ3) is 4.54. The highest BCUT2D eigenvalue weighted by Crippen LogP contribution is 2.70. The summed E-state index contributed by atoms with van der Waals surface area (Å²) in [6, 6.07) is 0. The molecule has 0 aromatic rings. The third-order valence-electron chi connectivity index (χ3n) is 11.2. The van der Waals surface area contributed by atoms with Crippen LogP contribution in [0.25, 0.3) is 0 Å². The summed E-state index contributed by atoms with van der Waals surface area (Å²) in [7, 11) is 0. The van der Waals surface area contributed by atoms with E-state index < -0.39 is 63.3 Å². The summed E-state index contributed by atoms with van der Waals surface area (Å²) >= 11 is 6.40. The molecule has 0 aliphatic heterocycles. The molecule has 9 heteroatoms. The van der Waals surface area contributed by atoms with Crippen molar-refractivity contribution in [3.8, 4) is 0 Å². The average Bonchev–Trinajstić information content (AvgIpc) is 3.68. The number of esters is 1. The molecular weight excluding hydrogens is 552 g/mol. The van der Waals surface area contributed by atoms with Crippen LogP contribution in [0.5, 0.6) is 0 Å². The van der Waals surface area contributed by atoms with E-state index in [-0.39, 0.29) is 30.7 Å². The second-order valence-electron chi connectivity index (χ2n) is 14.0. The number of rotatable bonds is 6. The smallest absolute Gasteiger partial charge is 0.309 e. The first-order chi connectivity index (χ1) is 19.2. The second kappa shape index (κ2) is 9.75. The molecule has 2 unspecified atom stereocenters. The van der Waals surface area contributed by atoms with Crippen molar-refractivity contribution < 1.29 is 33.4 Å². The number of hydrogen-bond donors (Lipinski definition) is 2. The summed E-state index contributed by atoms with van der Waals surface area (Å²) in [6.07, 6.45) is 8.96. The van der Waals surface area contributed by atoms with E-state index in [2.05, 4.69) is 0 Å². The Labute approximate surface area is 245 Å².